The fourth-order valence-electron chi connectivity index (χ4n) is 0.941. The van der Waals surface area contributed by atoms with Crippen LogP contribution in [0.15, 0.2) is 30.3 Å². The van der Waals surface area contributed by atoms with Gasteiger partial charge in [0.25, 0.3) is 0 Å². The van der Waals surface area contributed by atoms with Crippen LogP contribution >= 0.6 is 24.2 Å². The number of hydrogen-bond donors (Lipinski definition) is 1. The van der Waals surface area contributed by atoms with Crippen LogP contribution < -0.4 is 0 Å². The smallest absolute Gasteiger partial charge is 0.0343 e. The predicted molar refractivity (Wildman–Crippen MR) is 53.6 cm³/mol. The van der Waals surface area contributed by atoms with Crippen LogP contribution in [0.2, 0.25) is 0 Å². The lowest BCUT2D eigenvalue weighted by atomic mass is 10.1. The van der Waals surface area contributed by atoms with Crippen LogP contribution in [-0.2, 0) is 6.42 Å². The third kappa shape index (κ3) is 3.17. The van der Waals surface area contributed by atoms with Crippen molar-refractivity contribution < 1.29 is 0 Å². The molecule has 0 N–H and O–H groups in total. The molecular weight excluding hydrogens is 176 g/mol. The van der Waals surface area contributed by atoms with Crippen LogP contribution in [0.5, 0.6) is 0 Å². The van der Waals surface area contributed by atoms with Crippen LogP contribution in [0, 0.1) is 0 Å². The maximum Gasteiger partial charge on any atom is 0.0343 e. The van der Waals surface area contributed by atoms with Crippen LogP contribution in [0.3, 0.4) is 0 Å². The van der Waals surface area contributed by atoms with Gasteiger partial charge in [0.2, 0.25) is 0 Å². The molecule has 60 valence electrons. The quantitative estimate of drug-likeness (QED) is 0.545. The molecule has 0 aliphatic rings. The molecule has 1 aromatic rings. The van der Waals surface area contributed by atoms with Crippen molar-refractivity contribution in [2.24, 2.45) is 0 Å². The number of rotatable bonds is 3. The zero-order chi connectivity index (χ0) is 8.10. The van der Waals surface area contributed by atoms with Crippen molar-refractivity contribution in [1.29, 1.82) is 0 Å². The van der Waals surface area contributed by atoms with Crippen molar-refractivity contribution in [2.45, 2.75) is 11.7 Å². The first-order chi connectivity index (χ1) is 5.33. The lowest BCUT2D eigenvalue weighted by Crippen LogP contribution is -2.04. The average Bonchev–Trinajstić information content (AvgIpc) is 2.06. The van der Waals surface area contributed by atoms with Crippen molar-refractivity contribution in [1.82, 2.24) is 0 Å². The predicted octanol–water partition coefficient (Wildman–Crippen LogP) is 2.77. The Kier molecular flexibility index (Phi) is 3.81. The Morgan fingerprint density at radius 1 is 1.27 bits per heavy atom. The Morgan fingerprint density at radius 2 is 1.91 bits per heavy atom. The third-order valence-electron chi connectivity index (χ3n) is 1.49. The van der Waals surface area contributed by atoms with Gasteiger partial charge in [0.1, 0.15) is 0 Å². The van der Waals surface area contributed by atoms with E-state index in [4.69, 9.17) is 11.6 Å². The minimum atomic E-state index is 0.277. The Morgan fingerprint density at radius 3 is 2.45 bits per heavy atom. The van der Waals surface area contributed by atoms with Gasteiger partial charge in [0.15, 0.2) is 0 Å². The maximum atomic E-state index is 5.63. The van der Waals surface area contributed by atoms with Crippen LogP contribution in [-0.4, -0.2) is 11.1 Å². The van der Waals surface area contributed by atoms with Gasteiger partial charge >= 0.3 is 0 Å². The Hall–Kier alpha value is -0.140. The second kappa shape index (κ2) is 4.68. The number of alkyl halides is 1. The normalized spacial score (nSPS) is 12.9. The summed E-state index contributed by atoms with van der Waals surface area (Å²) in [5.41, 5.74) is 1.30. The summed E-state index contributed by atoms with van der Waals surface area (Å²) >= 11 is 9.93. The second-order valence-corrected chi connectivity index (χ2v) is 3.54. The molecule has 0 aliphatic carbocycles. The average molecular weight is 187 g/mol. The van der Waals surface area contributed by atoms with E-state index in [0.29, 0.717) is 5.88 Å². The minimum absolute atomic E-state index is 0.277. The van der Waals surface area contributed by atoms with E-state index in [1.54, 1.807) is 0 Å². The molecule has 1 rings (SSSR count). The minimum Gasteiger partial charge on any atom is -0.174 e. The Balaban J connectivity index is 2.51. The van der Waals surface area contributed by atoms with Gasteiger partial charge in [0, 0.05) is 11.1 Å². The fourth-order valence-corrected chi connectivity index (χ4v) is 1.26. The molecule has 0 amide bonds. The molecule has 0 saturated carbocycles. The summed E-state index contributed by atoms with van der Waals surface area (Å²) in [6.45, 7) is 0. The van der Waals surface area contributed by atoms with Crippen LogP contribution in [0.25, 0.3) is 0 Å². The summed E-state index contributed by atoms with van der Waals surface area (Å²) in [4.78, 5) is 0. The monoisotopic (exact) mass is 186 g/mol. The van der Waals surface area contributed by atoms with Crippen molar-refractivity contribution in [2.75, 3.05) is 5.88 Å². The van der Waals surface area contributed by atoms with E-state index in [9.17, 15) is 0 Å². The van der Waals surface area contributed by atoms with E-state index in [1.165, 1.54) is 5.56 Å². The molecule has 0 radical (unpaired) electrons. The zero-order valence-corrected chi connectivity index (χ0v) is 7.85. The zero-order valence-electron chi connectivity index (χ0n) is 6.20. The third-order valence-corrected chi connectivity index (χ3v) is 2.45. The molecule has 11 heavy (non-hydrogen) atoms. The number of benzene rings is 1. The molecule has 2 heteroatoms. The first-order valence-corrected chi connectivity index (χ1v) is 4.66. The SMILES string of the molecule is SC(CCl)Cc1ccccc1. The molecule has 0 saturated heterocycles. The largest absolute Gasteiger partial charge is 0.174 e. The van der Waals surface area contributed by atoms with Crippen molar-refractivity contribution >= 4 is 24.2 Å². The number of halogens is 1. The first-order valence-electron chi connectivity index (χ1n) is 3.61. The van der Waals surface area contributed by atoms with Crippen LogP contribution in [0.4, 0.5) is 0 Å². The maximum absolute atomic E-state index is 5.63. The lowest BCUT2D eigenvalue weighted by molar-refractivity contribution is 0.957. The van der Waals surface area contributed by atoms with Gasteiger partial charge in [-0.1, -0.05) is 30.3 Å². The van der Waals surface area contributed by atoms with Gasteiger partial charge in [0.05, 0.1) is 0 Å². The summed E-state index contributed by atoms with van der Waals surface area (Å²) in [5.74, 6) is 0.609. The van der Waals surface area contributed by atoms with Gasteiger partial charge in [-0.2, -0.15) is 12.6 Å². The van der Waals surface area contributed by atoms with Crippen molar-refractivity contribution in [3.63, 3.8) is 0 Å². The molecule has 1 unspecified atom stereocenters. The number of hydrogen-bond acceptors (Lipinski definition) is 1. The highest BCUT2D eigenvalue weighted by Crippen LogP contribution is 2.08. The summed E-state index contributed by atoms with van der Waals surface area (Å²) in [6.07, 6.45) is 0.952. The van der Waals surface area contributed by atoms with E-state index in [2.05, 4.69) is 24.8 Å². The van der Waals surface area contributed by atoms with Gasteiger partial charge in [-0.05, 0) is 12.0 Å². The number of thiol groups is 1. The Bertz CT molecular complexity index is 198. The van der Waals surface area contributed by atoms with E-state index in [1.807, 2.05) is 18.2 Å². The molecule has 1 atom stereocenters. The van der Waals surface area contributed by atoms with Gasteiger partial charge < -0.3 is 0 Å². The second-order valence-electron chi connectivity index (χ2n) is 2.50. The summed E-state index contributed by atoms with van der Waals surface area (Å²) in [6, 6.07) is 10.3. The Labute approximate surface area is 78.0 Å². The van der Waals surface area contributed by atoms with Gasteiger partial charge in [-0.25, -0.2) is 0 Å². The topological polar surface area (TPSA) is 0 Å². The van der Waals surface area contributed by atoms with Crippen molar-refractivity contribution in [3.8, 4) is 0 Å². The van der Waals surface area contributed by atoms with E-state index in [0.717, 1.165) is 6.42 Å². The summed E-state index contributed by atoms with van der Waals surface area (Å²) in [7, 11) is 0. The van der Waals surface area contributed by atoms with Crippen LogP contribution in [0.1, 0.15) is 5.56 Å². The molecule has 0 nitrogen and oxygen atoms in total. The van der Waals surface area contributed by atoms with E-state index >= 15 is 0 Å². The summed E-state index contributed by atoms with van der Waals surface area (Å²) < 4.78 is 0. The molecule has 0 aliphatic heterocycles. The lowest BCUT2D eigenvalue weighted by Gasteiger charge is -2.05. The molecule has 0 fully saturated rings. The molecule has 0 bridgehead atoms. The molecular formula is C9H11ClS. The highest BCUT2D eigenvalue weighted by atomic mass is 35.5. The van der Waals surface area contributed by atoms with E-state index < -0.39 is 0 Å². The highest BCUT2D eigenvalue weighted by molar-refractivity contribution is 7.81. The van der Waals surface area contributed by atoms with E-state index in [-0.39, 0.29) is 5.25 Å². The van der Waals surface area contributed by atoms with Crippen molar-refractivity contribution in [3.05, 3.63) is 35.9 Å². The molecule has 0 spiro atoms. The molecule has 0 aromatic heterocycles. The first kappa shape index (κ1) is 8.95. The highest BCUT2D eigenvalue weighted by Gasteiger charge is 2.00. The standard InChI is InChI=1S/C9H11ClS/c10-7-9(11)6-8-4-2-1-3-5-8/h1-5,9,11H,6-7H2. The molecule has 1 aromatic carbocycles. The summed E-state index contributed by atoms with van der Waals surface area (Å²) in [5, 5.41) is 0.277. The van der Waals surface area contributed by atoms with Gasteiger partial charge in [-0.15, -0.1) is 11.6 Å². The van der Waals surface area contributed by atoms with Gasteiger partial charge in [-0.3, -0.25) is 0 Å². The molecule has 0 heterocycles. The fraction of sp³-hybridized carbons (Fsp3) is 0.333.